The standard InChI is InChI=1S/C21H23N7O2/c1-16-5-7-17(8-6-16)14-23-20-19(28(29)30)21(25-15-24-20)27-12-10-26(11-13-27)18-4-2-3-9-22-18/h2-9,15H,10-14H2,1H3,(H,23,24,25). The maximum atomic E-state index is 11.9. The predicted octanol–water partition coefficient (Wildman–Crippen LogP) is 3.03. The predicted molar refractivity (Wildman–Crippen MR) is 116 cm³/mol. The molecule has 0 aliphatic carbocycles. The highest BCUT2D eigenvalue weighted by Crippen LogP contribution is 2.32. The zero-order valence-electron chi connectivity index (χ0n) is 16.7. The highest BCUT2D eigenvalue weighted by molar-refractivity contribution is 5.70. The molecular weight excluding hydrogens is 382 g/mol. The van der Waals surface area contributed by atoms with Crippen LogP contribution in [0.3, 0.4) is 0 Å². The molecule has 0 radical (unpaired) electrons. The summed E-state index contributed by atoms with van der Waals surface area (Å²) in [5.41, 5.74) is 2.11. The van der Waals surface area contributed by atoms with Gasteiger partial charge in [-0.25, -0.2) is 15.0 Å². The van der Waals surface area contributed by atoms with Crippen molar-refractivity contribution >= 4 is 23.1 Å². The summed E-state index contributed by atoms with van der Waals surface area (Å²) in [5, 5.41) is 15.0. The lowest BCUT2D eigenvalue weighted by Gasteiger charge is -2.35. The maximum Gasteiger partial charge on any atom is 0.353 e. The Bertz CT molecular complexity index is 1000. The Morgan fingerprint density at radius 2 is 1.73 bits per heavy atom. The summed E-state index contributed by atoms with van der Waals surface area (Å²) in [6.07, 6.45) is 3.15. The monoisotopic (exact) mass is 405 g/mol. The van der Waals surface area contributed by atoms with Crippen LogP contribution in [0.1, 0.15) is 11.1 Å². The number of hydrogen-bond donors (Lipinski definition) is 1. The second-order valence-electron chi connectivity index (χ2n) is 7.15. The van der Waals surface area contributed by atoms with Crippen molar-refractivity contribution in [3.63, 3.8) is 0 Å². The van der Waals surface area contributed by atoms with Crippen molar-refractivity contribution in [2.45, 2.75) is 13.5 Å². The molecule has 30 heavy (non-hydrogen) atoms. The number of nitro groups is 1. The van der Waals surface area contributed by atoms with Crippen LogP contribution in [0.2, 0.25) is 0 Å². The molecule has 1 aromatic carbocycles. The molecule has 0 saturated carbocycles. The lowest BCUT2D eigenvalue weighted by atomic mass is 10.1. The van der Waals surface area contributed by atoms with Crippen molar-refractivity contribution < 1.29 is 4.92 Å². The lowest BCUT2D eigenvalue weighted by molar-refractivity contribution is -0.383. The summed E-state index contributed by atoms with van der Waals surface area (Å²) in [5.74, 6) is 1.49. The van der Waals surface area contributed by atoms with Crippen LogP contribution in [-0.4, -0.2) is 46.1 Å². The van der Waals surface area contributed by atoms with E-state index in [1.165, 1.54) is 11.9 Å². The molecule has 1 aliphatic rings. The number of nitrogens with one attached hydrogen (secondary N) is 1. The van der Waals surface area contributed by atoms with Crippen molar-refractivity contribution in [1.82, 2.24) is 15.0 Å². The second-order valence-corrected chi connectivity index (χ2v) is 7.15. The Hall–Kier alpha value is -3.75. The SMILES string of the molecule is Cc1ccc(CNc2ncnc(N3CCN(c4ccccn4)CC3)c2[N+](=O)[O-])cc1. The van der Waals surface area contributed by atoms with Gasteiger partial charge in [0.2, 0.25) is 11.6 Å². The van der Waals surface area contributed by atoms with E-state index < -0.39 is 4.92 Å². The van der Waals surface area contributed by atoms with Crippen molar-refractivity contribution in [3.8, 4) is 0 Å². The van der Waals surface area contributed by atoms with Gasteiger partial charge in [-0.2, -0.15) is 0 Å². The van der Waals surface area contributed by atoms with Gasteiger partial charge in [0.25, 0.3) is 0 Å². The van der Waals surface area contributed by atoms with Gasteiger partial charge in [-0.05, 0) is 24.6 Å². The maximum absolute atomic E-state index is 11.9. The molecule has 9 heteroatoms. The smallest absolute Gasteiger partial charge is 0.353 e. The minimum Gasteiger partial charge on any atom is -0.360 e. The van der Waals surface area contributed by atoms with Crippen LogP contribution in [0.5, 0.6) is 0 Å². The number of piperazine rings is 1. The summed E-state index contributed by atoms with van der Waals surface area (Å²) in [4.78, 5) is 28.3. The minimum absolute atomic E-state index is 0.0871. The molecule has 0 amide bonds. The quantitative estimate of drug-likeness (QED) is 0.493. The Kier molecular flexibility index (Phi) is 5.69. The van der Waals surface area contributed by atoms with Gasteiger partial charge in [-0.15, -0.1) is 0 Å². The molecule has 2 aromatic heterocycles. The van der Waals surface area contributed by atoms with E-state index in [0.29, 0.717) is 38.5 Å². The van der Waals surface area contributed by atoms with Gasteiger partial charge < -0.3 is 15.1 Å². The average molecular weight is 405 g/mol. The summed E-state index contributed by atoms with van der Waals surface area (Å²) < 4.78 is 0. The molecule has 3 heterocycles. The number of rotatable bonds is 6. The molecule has 9 nitrogen and oxygen atoms in total. The molecule has 1 fully saturated rings. The highest BCUT2D eigenvalue weighted by atomic mass is 16.6. The van der Waals surface area contributed by atoms with E-state index in [0.717, 1.165) is 11.4 Å². The zero-order valence-corrected chi connectivity index (χ0v) is 16.7. The van der Waals surface area contributed by atoms with Gasteiger partial charge >= 0.3 is 5.69 Å². The largest absolute Gasteiger partial charge is 0.360 e. The number of benzene rings is 1. The van der Waals surface area contributed by atoms with E-state index in [4.69, 9.17) is 0 Å². The van der Waals surface area contributed by atoms with Crippen molar-refractivity contribution in [2.24, 2.45) is 0 Å². The van der Waals surface area contributed by atoms with E-state index in [9.17, 15) is 10.1 Å². The first-order valence-corrected chi connectivity index (χ1v) is 9.81. The van der Waals surface area contributed by atoms with E-state index in [-0.39, 0.29) is 11.5 Å². The third-order valence-corrected chi connectivity index (χ3v) is 5.12. The van der Waals surface area contributed by atoms with Gasteiger partial charge in [0.15, 0.2) is 0 Å². The zero-order chi connectivity index (χ0) is 20.9. The Labute approximate surface area is 174 Å². The molecule has 0 bridgehead atoms. The van der Waals surface area contributed by atoms with Crippen molar-refractivity contribution in [2.75, 3.05) is 41.3 Å². The number of hydrogen-bond acceptors (Lipinski definition) is 8. The fourth-order valence-electron chi connectivity index (χ4n) is 3.48. The Balaban J connectivity index is 1.50. The Morgan fingerprint density at radius 3 is 2.40 bits per heavy atom. The highest BCUT2D eigenvalue weighted by Gasteiger charge is 2.29. The molecule has 0 atom stereocenters. The third kappa shape index (κ3) is 4.29. The first-order valence-electron chi connectivity index (χ1n) is 9.81. The second kappa shape index (κ2) is 8.73. The fourth-order valence-corrected chi connectivity index (χ4v) is 3.48. The summed E-state index contributed by atoms with van der Waals surface area (Å²) in [7, 11) is 0. The fraction of sp³-hybridized carbons (Fsp3) is 0.286. The number of aromatic nitrogens is 3. The third-order valence-electron chi connectivity index (χ3n) is 5.12. The number of anilines is 3. The van der Waals surface area contributed by atoms with Crippen molar-refractivity contribution in [3.05, 3.63) is 76.2 Å². The average Bonchev–Trinajstić information content (AvgIpc) is 2.79. The first-order chi connectivity index (χ1) is 14.6. The molecule has 3 aromatic rings. The lowest BCUT2D eigenvalue weighted by Crippen LogP contribution is -2.47. The van der Waals surface area contributed by atoms with Crippen LogP contribution in [0, 0.1) is 17.0 Å². The van der Waals surface area contributed by atoms with E-state index in [2.05, 4.69) is 25.2 Å². The molecule has 0 spiro atoms. The normalized spacial score (nSPS) is 13.9. The Morgan fingerprint density at radius 1 is 1.00 bits per heavy atom. The molecule has 1 saturated heterocycles. The number of pyridine rings is 1. The van der Waals surface area contributed by atoms with Crippen LogP contribution in [0.4, 0.5) is 23.1 Å². The van der Waals surface area contributed by atoms with Crippen LogP contribution >= 0.6 is 0 Å². The number of aryl methyl sites for hydroxylation is 1. The van der Waals surface area contributed by atoms with Crippen LogP contribution < -0.4 is 15.1 Å². The topological polar surface area (TPSA) is 100 Å². The van der Waals surface area contributed by atoms with Crippen molar-refractivity contribution in [1.29, 1.82) is 0 Å². The van der Waals surface area contributed by atoms with Gasteiger partial charge in [0.05, 0.1) is 4.92 Å². The van der Waals surface area contributed by atoms with E-state index in [1.807, 2.05) is 54.3 Å². The van der Waals surface area contributed by atoms with E-state index in [1.54, 1.807) is 6.20 Å². The minimum atomic E-state index is -0.405. The summed E-state index contributed by atoms with van der Waals surface area (Å²) in [6, 6.07) is 13.8. The van der Waals surface area contributed by atoms with Crippen LogP contribution in [0.15, 0.2) is 55.0 Å². The van der Waals surface area contributed by atoms with E-state index >= 15 is 0 Å². The molecule has 1 aliphatic heterocycles. The molecular formula is C21H23N7O2. The van der Waals surface area contributed by atoms with Gasteiger partial charge in [-0.3, -0.25) is 10.1 Å². The molecule has 1 N–H and O–H groups in total. The molecule has 4 rings (SSSR count). The van der Waals surface area contributed by atoms with Gasteiger partial charge in [-0.1, -0.05) is 35.9 Å². The summed E-state index contributed by atoms with van der Waals surface area (Å²) in [6.45, 7) is 5.13. The van der Waals surface area contributed by atoms with Gasteiger partial charge in [0, 0.05) is 38.9 Å². The number of nitrogens with zero attached hydrogens (tertiary/aromatic N) is 6. The first kappa shape index (κ1) is 19.6. The van der Waals surface area contributed by atoms with Gasteiger partial charge in [0.1, 0.15) is 12.1 Å². The van der Waals surface area contributed by atoms with Crippen LogP contribution in [0.25, 0.3) is 0 Å². The molecule has 154 valence electrons. The van der Waals surface area contributed by atoms with Crippen LogP contribution in [-0.2, 0) is 6.54 Å². The summed E-state index contributed by atoms with van der Waals surface area (Å²) >= 11 is 0. The molecule has 0 unspecified atom stereocenters.